The molecule has 3 amide bonds. The van der Waals surface area contributed by atoms with Crippen LogP contribution < -0.4 is 19.7 Å². The largest absolute Gasteiger partial charge is 0.496 e. The number of imide groups is 1. The van der Waals surface area contributed by atoms with Crippen molar-refractivity contribution in [2.75, 3.05) is 12.0 Å². The van der Waals surface area contributed by atoms with E-state index in [1.165, 1.54) is 4.90 Å². The second-order valence-corrected chi connectivity index (χ2v) is 7.95. The quantitative estimate of drug-likeness (QED) is 0.520. The van der Waals surface area contributed by atoms with Crippen LogP contribution in [0, 0.1) is 6.92 Å². The number of hydrogen-bond donors (Lipinski definition) is 1. The van der Waals surface area contributed by atoms with Gasteiger partial charge in [0.15, 0.2) is 0 Å². The minimum absolute atomic E-state index is 0.297. The van der Waals surface area contributed by atoms with E-state index in [1.807, 2.05) is 49.4 Å². The average molecular weight is 451 g/mol. The molecule has 1 N–H and O–H groups in total. The molecule has 0 aliphatic carbocycles. The summed E-state index contributed by atoms with van der Waals surface area (Å²) in [4.78, 5) is 27.0. The number of hydrogen-bond acceptors (Lipinski definition) is 4. The molecule has 3 aromatic carbocycles. The number of ether oxygens (including phenoxy) is 2. The molecule has 1 atom stereocenters. The summed E-state index contributed by atoms with van der Waals surface area (Å²) in [5.41, 5.74) is 2.98. The first-order valence-corrected chi connectivity index (χ1v) is 10.6. The number of rotatable bonds is 7. The topological polar surface area (TPSA) is 67.9 Å². The van der Waals surface area contributed by atoms with E-state index in [0.717, 1.165) is 16.9 Å². The molecule has 1 heterocycles. The van der Waals surface area contributed by atoms with Crippen LogP contribution in [0.3, 0.4) is 0 Å². The van der Waals surface area contributed by atoms with Crippen LogP contribution in [-0.2, 0) is 17.8 Å². The number of nitrogens with one attached hydrogen (secondary N) is 1. The van der Waals surface area contributed by atoms with Crippen molar-refractivity contribution < 1.29 is 19.1 Å². The normalized spacial score (nSPS) is 15.6. The van der Waals surface area contributed by atoms with Gasteiger partial charge in [0.05, 0.1) is 12.8 Å². The molecule has 4 rings (SSSR count). The Morgan fingerprint density at radius 1 is 1.00 bits per heavy atom. The highest BCUT2D eigenvalue weighted by Gasteiger charge is 2.39. The van der Waals surface area contributed by atoms with E-state index in [2.05, 4.69) is 5.32 Å². The van der Waals surface area contributed by atoms with E-state index >= 15 is 0 Å². The molecule has 32 heavy (non-hydrogen) atoms. The Morgan fingerprint density at radius 2 is 1.75 bits per heavy atom. The number of para-hydroxylation sites is 1. The van der Waals surface area contributed by atoms with Crippen LogP contribution in [0.15, 0.2) is 66.7 Å². The molecular formula is C25H23ClN2O4. The first kappa shape index (κ1) is 21.7. The fourth-order valence-corrected chi connectivity index (χ4v) is 3.99. The third-order valence-corrected chi connectivity index (χ3v) is 5.66. The number of anilines is 1. The van der Waals surface area contributed by atoms with Gasteiger partial charge in [0.25, 0.3) is 5.91 Å². The summed E-state index contributed by atoms with van der Waals surface area (Å²) in [7, 11) is 1.61. The number of carbonyl (C=O) groups excluding carboxylic acids is 2. The van der Waals surface area contributed by atoms with Gasteiger partial charge in [-0.25, -0.2) is 9.69 Å². The second-order valence-electron chi connectivity index (χ2n) is 7.51. The highest BCUT2D eigenvalue weighted by molar-refractivity contribution is 6.30. The monoisotopic (exact) mass is 450 g/mol. The molecule has 164 valence electrons. The van der Waals surface area contributed by atoms with E-state index in [9.17, 15) is 9.59 Å². The van der Waals surface area contributed by atoms with Crippen molar-refractivity contribution in [2.45, 2.75) is 26.0 Å². The van der Waals surface area contributed by atoms with E-state index in [0.29, 0.717) is 35.1 Å². The minimum Gasteiger partial charge on any atom is -0.496 e. The first-order valence-electron chi connectivity index (χ1n) is 10.2. The fraction of sp³-hybridized carbons (Fsp3) is 0.200. The third kappa shape index (κ3) is 4.41. The summed E-state index contributed by atoms with van der Waals surface area (Å²) in [5, 5.41) is 3.37. The van der Waals surface area contributed by atoms with Gasteiger partial charge < -0.3 is 14.8 Å². The Balaban J connectivity index is 1.53. The maximum atomic E-state index is 13.1. The Morgan fingerprint density at radius 3 is 2.53 bits per heavy atom. The van der Waals surface area contributed by atoms with Gasteiger partial charge in [-0.1, -0.05) is 48.0 Å². The molecule has 7 heteroatoms. The van der Waals surface area contributed by atoms with Crippen molar-refractivity contribution in [1.82, 2.24) is 5.32 Å². The van der Waals surface area contributed by atoms with Crippen LogP contribution in [0.1, 0.15) is 16.7 Å². The van der Waals surface area contributed by atoms with Crippen molar-refractivity contribution in [2.24, 2.45) is 0 Å². The Bertz CT molecular complexity index is 1160. The molecule has 0 spiro atoms. The highest BCUT2D eigenvalue weighted by atomic mass is 35.5. The second kappa shape index (κ2) is 9.32. The van der Waals surface area contributed by atoms with Gasteiger partial charge in [-0.2, -0.15) is 0 Å². The summed E-state index contributed by atoms with van der Waals surface area (Å²) < 4.78 is 11.4. The number of methoxy groups -OCH3 is 1. The van der Waals surface area contributed by atoms with E-state index in [4.69, 9.17) is 21.1 Å². The van der Waals surface area contributed by atoms with Gasteiger partial charge in [-0.3, -0.25) is 4.79 Å². The molecule has 1 saturated heterocycles. The lowest BCUT2D eigenvalue weighted by Gasteiger charge is -2.19. The van der Waals surface area contributed by atoms with Gasteiger partial charge in [-0.15, -0.1) is 0 Å². The molecular weight excluding hydrogens is 428 g/mol. The zero-order chi connectivity index (χ0) is 22.7. The summed E-state index contributed by atoms with van der Waals surface area (Å²) >= 11 is 6.05. The zero-order valence-electron chi connectivity index (χ0n) is 17.8. The summed E-state index contributed by atoms with van der Waals surface area (Å²) in [5.74, 6) is 1.02. The van der Waals surface area contributed by atoms with E-state index < -0.39 is 12.1 Å². The van der Waals surface area contributed by atoms with Gasteiger partial charge in [-0.05, 0) is 42.8 Å². The van der Waals surface area contributed by atoms with Crippen LogP contribution in [-0.4, -0.2) is 25.1 Å². The molecule has 0 saturated carbocycles. The molecule has 1 fully saturated rings. The Labute approximate surface area is 191 Å². The lowest BCUT2D eigenvalue weighted by atomic mass is 10.1. The average Bonchev–Trinajstić information content (AvgIpc) is 3.06. The van der Waals surface area contributed by atoms with Gasteiger partial charge in [0.1, 0.15) is 24.1 Å². The lowest BCUT2D eigenvalue weighted by Crippen LogP contribution is -2.32. The van der Waals surface area contributed by atoms with Crippen LogP contribution in [0.25, 0.3) is 0 Å². The SMILES string of the molecule is COc1ccccc1COc1cccc(N2C(=O)NC(Cc3cccc(Cl)c3)C2=O)c1C. The lowest BCUT2D eigenvalue weighted by molar-refractivity contribution is -0.118. The van der Waals surface area contributed by atoms with Gasteiger partial charge in [0.2, 0.25) is 0 Å². The molecule has 0 radical (unpaired) electrons. The number of nitrogens with zero attached hydrogens (tertiary/aromatic N) is 1. The molecule has 3 aromatic rings. The molecule has 0 aromatic heterocycles. The summed E-state index contributed by atoms with van der Waals surface area (Å²) in [6.07, 6.45) is 0.366. The van der Waals surface area contributed by atoms with E-state index in [1.54, 1.807) is 31.4 Å². The van der Waals surface area contributed by atoms with Crippen molar-refractivity contribution in [3.63, 3.8) is 0 Å². The number of amides is 3. The van der Waals surface area contributed by atoms with Crippen LogP contribution in [0.4, 0.5) is 10.5 Å². The summed E-state index contributed by atoms with van der Waals surface area (Å²) in [6.45, 7) is 2.13. The van der Waals surface area contributed by atoms with Crippen molar-refractivity contribution in [3.05, 3.63) is 88.4 Å². The molecule has 1 aliphatic heterocycles. The predicted molar refractivity (Wildman–Crippen MR) is 123 cm³/mol. The maximum Gasteiger partial charge on any atom is 0.329 e. The Kier molecular flexibility index (Phi) is 6.32. The third-order valence-electron chi connectivity index (χ3n) is 5.42. The highest BCUT2D eigenvalue weighted by Crippen LogP contribution is 2.32. The standard InChI is InChI=1S/C25H23ClN2O4/c1-16-21(10-6-12-22(16)32-15-18-8-3-4-11-23(18)31-2)28-24(29)20(27-25(28)30)14-17-7-5-9-19(26)13-17/h3-13,20H,14-15H2,1-2H3,(H,27,30). The number of benzene rings is 3. The molecule has 1 unspecified atom stereocenters. The van der Waals surface area contributed by atoms with Crippen LogP contribution in [0.5, 0.6) is 11.5 Å². The van der Waals surface area contributed by atoms with Crippen LogP contribution in [0.2, 0.25) is 5.02 Å². The minimum atomic E-state index is -0.654. The summed E-state index contributed by atoms with van der Waals surface area (Å²) in [6, 6.07) is 19.1. The zero-order valence-corrected chi connectivity index (χ0v) is 18.6. The fourth-order valence-electron chi connectivity index (χ4n) is 3.78. The van der Waals surface area contributed by atoms with Crippen molar-refractivity contribution in [1.29, 1.82) is 0 Å². The van der Waals surface area contributed by atoms with Crippen LogP contribution >= 0.6 is 11.6 Å². The molecule has 0 bridgehead atoms. The number of urea groups is 1. The predicted octanol–water partition coefficient (Wildman–Crippen LogP) is 4.90. The smallest absolute Gasteiger partial charge is 0.329 e. The number of halogens is 1. The maximum absolute atomic E-state index is 13.1. The van der Waals surface area contributed by atoms with Crippen molar-refractivity contribution >= 4 is 29.2 Å². The Hall–Kier alpha value is -3.51. The van der Waals surface area contributed by atoms with Gasteiger partial charge >= 0.3 is 6.03 Å². The number of carbonyl (C=O) groups is 2. The van der Waals surface area contributed by atoms with Gasteiger partial charge in [0, 0.05) is 22.6 Å². The molecule has 6 nitrogen and oxygen atoms in total. The van der Waals surface area contributed by atoms with Crippen molar-refractivity contribution in [3.8, 4) is 11.5 Å². The van der Waals surface area contributed by atoms with E-state index in [-0.39, 0.29) is 5.91 Å². The molecule has 1 aliphatic rings. The first-order chi connectivity index (χ1) is 15.5.